The van der Waals surface area contributed by atoms with Gasteiger partial charge in [0.25, 0.3) is 5.91 Å². The van der Waals surface area contributed by atoms with Crippen LogP contribution in [0.5, 0.6) is 5.75 Å². The maximum Gasteiger partial charge on any atom is 0.339 e. The molecule has 0 aliphatic carbocycles. The molecule has 2 aromatic carbocycles. The molecule has 5 nitrogen and oxygen atoms in total. The number of benzene rings is 2. The summed E-state index contributed by atoms with van der Waals surface area (Å²) in [6.45, 7) is 1.97. The Bertz CT molecular complexity index is 684. The molecule has 0 aliphatic heterocycles. The van der Waals surface area contributed by atoms with Crippen molar-refractivity contribution in [3.63, 3.8) is 0 Å². The van der Waals surface area contributed by atoms with Crippen molar-refractivity contribution in [2.24, 2.45) is 0 Å². The molecule has 0 fully saturated rings. The zero-order valence-corrected chi connectivity index (χ0v) is 13.1. The van der Waals surface area contributed by atoms with Crippen LogP contribution in [0, 0.1) is 0 Å². The minimum atomic E-state index is -0.904. The Morgan fingerprint density at radius 1 is 1.13 bits per heavy atom. The maximum atomic E-state index is 12.3. The van der Waals surface area contributed by atoms with Crippen LogP contribution < -0.4 is 0 Å². The van der Waals surface area contributed by atoms with Crippen molar-refractivity contribution in [1.29, 1.82) is 0 Å². The van der Waals surface area contributed by atoms with Gasteiger partial charge < -0.3 is 14.7 Å². The van der Waals surface area contributed by atoms with Gasteiger partial charge in [-0.2, -0.15) is 0 Å². The zero-order valence-electron chi connectivity index (χ0n) is 13.1. The van der Waals surface area contributed by atoms with E-state index in [1.807, 2.05) is 30.3 Å². The number of ether oxygens (including phenoxy) is 1. The summed E-state index contributed by atoms with van der Waals surface area (Å²) in [5, 5.41) is 9.37. The Kier molecular flexibility index (Phi) is 5.36. The van der Waals surface area contributed by atoms with E-state index in [0.29, 0.717) is 6.54 Å². The average Bonchev–Trinajstić information content (AvgIpc) is 2.54. The molecule has 2 aromatic rings. The molecule has 0 aliphatic rings. The SMILES string of the molecule is C[C@@H](OC(=O)c1cccc(O)c1)C(=O)N(C)Cc1ccccc1. The van der Waals surface area contributed by atoms with Crippen LogP contribution in [-0.4, -0.2) is 35.0 Å². The van der Waals surface area contributed by atoms with Gasteiger partial charge in [-0.25, -0.2) is 4.79 Å². The van der Waals surface area contributed by atoms with E-state index in [1.54, 1.807) is 13.1 Å². The number of esters is 1. The highest BCUT2D eigenvalue weighted by atomic mass is 16.5. The summed E-state index contributed by atoms with van der Waals surface area (Å²) >= 11 is 0. The molecule has 0 saturated heterocycles. The first-order chi connectivity index (χ1) is 11.0. The first-order valence-electron chi connectivity index (χ1n) is 7.26. The van der Waals surface area contributed by atoms with Crippen LogP contribution >= 0.6 is 0 Å². The lowest BCUT2D eigenvalue weighted by molar-refractivity contribution is -0.139. The Labute approximate surface area is 135 Å². The first-order valence-corrected chi connectivity index (χ1v) is 7.26. The first kappa shape index (κ1) is 16.5. The Morgan fingerprint density at radius 2 is 1.83 bits per heavy atom. The fourth-order valence-corrected chi connectivity index (χ4v) is 2.16. The highest BCUT2D eigenvalue weighted by Gasteiger charge is 2.22. The van der Waals surface area contributed by atoms with Crippen LogP contribution in [0.3, 0.4) is 0 Å². The van der Waals surface area contributed by atoms with E-state index in [1.165, 1.54) is 30.0 Å². The molecule has 1 atom stereocenters. The third-order valence-corrected chi connectivity index (χ3v) is 3.35. The number of carbonyl (C=O) groups is 2. The van der Waals surface area contributed by atoms with Gasteiger partial charge in [0.15, 0.2) is 6.10 Å². The molecule has 0 bridgehead atoms. The van der Waals surface area contributed by atoms with Crippen LogP contribution in [0.4, 0.5) is 0 Å². The van der Waals surface area contributed by atoms with Crippen molar-refractivity contribution >= 4 is 11.9 Å². The molecule has 0 aromatic heterocycles. The Balaban J connectivity index is 1.95. The second-order valence-electron chi connectivity index (χ2n) is 5.28. The zero-order chi connectivity index (χ0) is 16.8. The van der Waals surface area contributed by atoms with Gasteiger partial charge in [-0.3, -0.25) is 4.79 Å². The lowest BCUT2D eigenvalue weighted by Gasteiger charge is -2.21. The second kappa shape index (κ2) is 7.45. The molecule has 2 rings (SSSR count). The summed E-state index contributed by atoms with van der Waals surface area (Å²) in [6, 6.07) is 15.4. The summed E-state index contributed by atoms with van der Waals surface area (Å²) in [4.78, 5) is 25.8. The molecular formula is C18H19NO4. The van der Waals surface area contributed by atoms with E-state index in [2.05, 4.69) is 0 Å². The van der Waals surface area contributed by atoms with Gasteiger partial charge in [0.1, 0.15) is 5.75 Å². The molecule has 0 spiro atoms. The Morgan fingerprint density at radius 3 is 2.48 bits per heavy atom. The third-order valence-electron chi connectivity index (χ3n) is 3.35. The minimum absolute atomic E-state index is 0.0281. The van der Waals surface area contributed by atoms with Gasteiger partial charge in [-0.05, 0) is 30.7 Å². The third kappa shape index (κ3) is 4.57. The van der Waals surface area contributed by atoms with Crippen LogP contribution in [0.1, 0.15) is 22.8 Å². The van der Waals surface area contributed by atoms with E-state index in [4.69, 9.17) is 4.74 Å². The monoisotopic (exact) mass is 313 g/mol. The number of nitrogens with zero attached hydrogens (tertiary/aromatic N) is 1. The molecule has 0 saturated carbocycles. The van der Waals surface area contributed by atoms with Gasteiger partial charge in [0.2, 0.25) is 0 Å². The lowest BCUT2D eigenvalue weighted by atomic mass is 10.2. The van der Waals surface area contributed by atoms with E-state index in [9.17, 15) is 14.7 Å². The van der Waals surface area contributed by atoms with E-state index in [-0.39, 0.29) is 17.2 Å². The number of aromatic hydroxyl groups is 1. The van der Waals surface area contributed by atoms with E-state index >= 15 is 0 Å². The van der Waals surface area contributed by atoms with Crippen molar-refractivity contribution in [2.45, 2.75) is 19.6 Å². The number of phenolic OH excluding ortho intramolecular Hbond substituents is 1. The highest BCUT2D eigenvalue weighted by molar-refractivity contribution is 5.92. The van der Waals surface area contributed by atoms with Crippen molar-refractivity contribution in [3.8, 4) is 5.75 Å². The number of rotatable bonds is 5. The standard InChI is InChI=1S/C18H19NO4/c1-13(23-18(22)15-9-6-10-16(20)11-15)17(21)19(2)12-14-7-4-3-5-8-14/h3-11,13,20H,12H2,1-2H3/t13-/m1/s1. The lowest BCUT2D eigenvalue weighted by Crippen LogP contribution is -2.37. The minimum Gasteiger partial charge on any atom is -0.508 e. The predicted molar refractivity (Wildman–Crippen MR) is 85.9 cm³/mol. The molecule has 5 heteroatoms. The van der Waals surface area contributed by atoms with Gasteiger partial charge in [-0.15, -0.1) is 0 Å². The summed E-state index contributed by atoms with van der Waals surface area (Å²) in [5.74, 6) is -0.961. The number of hydrogen-bond donors (Lipinski definition) is 1. The van der Waals surface area contributed by atoms with E-state index < -0.39 is 12.1 Å². The molecular weight excluding hydrogens is 294 g/mol. The van der Waals surface area contributed by atoms with Crippen LogP contribution in [0.15, 0.2) is 54.6 Å². The van der Waals surface area contributed by atoms with Gasteiger partial charge in [0, 0.05) is 13.6 Å². The van der Waals surface area contributed by atoms with Crippen molar-refractivity contribution in [3.05, 3.63) is 65.7 Å². The summed E-state index contributed by atoms with van der Waals surface area (Å²) in [5.41, 5.74) is 1.20. The molecule has 0 heterocycles. The number of carbonyl (C=O) groups excluding carboxylic acids is 2. The fourth-order valence-electron chi connectivity index (χ4n) is 2.16. The molecule has 1 N–H and O–H groups in total. The van der Waals surface area contributed by atoms with Gasteiger partial charge in [0.05, 0.1) is 5.56 Å². The topological polar surface area (TPSA) is 66.8 Å². The number of likely N-dealkylation sites (N-methyl/N-ethyl adjacent to an activating group) is 1. The quantitative estimate of drug-likeness (QED) is 0.862. The maximum absolute atomic E-state index is 12.3. The van der Waals surface area contributed by atoms with Crippen molar-refractivity contribution in [1.82, 2.24) is 4.90 Å². The van der Waals surface area contributed by atoms with Crippen molar-refractivity contribution in [2.75, 3.05) is 7.05 Å². The van der Waals surface area contributed by atoms with Gasteiger partial charge in [-0.1, -0.05) is 36.4 Å². The summed E-state index contributed by atoms with van der Waals surface area (Å²) < 4.78 is 5.17. The number of phenols is 1. The van der Waals surface area contributed by atoms with E-state index in [0.717, 1.165) is 5.56 Å². The average molecular weight is 313 g/mol. The fraction of sp³-hybridized carbons (Fsp3) is 0.222. The molecule has 23 heavy (non-hydrogen) atoms. The van der Waals surface area contributed by atoms with Crippen molar-refractivity contribution < 1.29 is 19.4 Å². The number of amides is 1. The van der Waals surface area contributed by atoms with Crippen LogP contribution in [0.2, 0.25) is 0 Å². The largest absolute Gasteiger partial charge is 0.508 e. The van der Waals surface area contributed by atoms with Gasteiger partial charge >= 0.3 is 5.97 Å². The highest BCUT2D eigenvalue weighted by Crippen LogP contribution is 2.13. The summed E-state index contributed by atoms with van der Waals surface area (Å²) in [6.07, 6.45) is -0.904. The molecule has 120 valence electrons. The predicted octanol–water partition coefficient (Wildman–Crippen LogP) is 2.60. The van der Waals surface area contributed by atoms with Crippen LogP contribution in [-0.2, 0) is 16.1 Å². The normalized spacial score (nSPS) is 11.6. The molecule has 0 unspecified atom stereocenters. The molecule has 0 radical (unpaired) electrons. The Hall–Kier alpha value is -2.82. The molecule has 1 amide bonds. The summed E-state index contributed by atoms with van der Waals surface area (Å²) in [7, 11) is 1.66. The smallest absolute Gasteiger partial charge is 0.339 e. The second-order valence-corrected chi connectivity index (χ2v) is 5.28. The number of hydrogen-bond acceptors (Lipinski definition) is 4. The van der Waals surface area contributed by atoms with Crippen LogP contribution in [0.25, 0.3) is 0 Å².